The molecule has 1 heterocycles. The van der Waals surface area contributed by atoms with Crippen molar-refractivity contribution in [3.05, 3.63) is 0 Å². The van der Waals surface area contributed by atoms with Crippen molar-refractivity contribution in [1.29, 1.82) is 0 Å². The smallest absolute Gasteiger partial charge is 0.326 e. The molecule has 1 saturated heterocycles. The number of rotatable bonds is 6. The second-order valence-electron chi connectivity index (χ2n) is 5.12. The molecule has 0 aliphatic carbocycles. The Kier molecular flexibility index (Phi) is 6.44. The van der Waals surface area contributed by atoms with Crippen LogP contribution >= 0.6 is 0 Å². The van der Waals surface area contributed by atoms with Crippen LogP contribution in [0.2, 0.25) is 0 Å². The molecule has 114 valence electrons. The number of carbonyl (C=O) groups excluding carboxylic acids is 2. The van der Waals surface area contributed by atoms with Crippen molar-refractivity contribution < 1.29 is 24.2 Å². The Hall–Kier alpha value is -1.63. The fraction of sp³-hybridized carbons (Fsp3) is 0.769. The fourth-order valence-electron chi connectivity index (χ4n) is 1.95. The number of morpholine rings is 1. The van der Waals surface area contributed by atoms with E-state index in [0.717, 1.165) is 0 Å². The molecule has 0 spiro atoms. The average Bonchev–Trinajstić information content (AvgIpc) is 2.42. The second kappa shape index (κ2) is 7.84. The lowest BCUT2D eigenvalue weighted by molar-refractivity contribution is -0.143. The zero-order valence-electron chi connectivity index (χ0n) is 11.9. The number of carbonyl (C=O) groups is 3. The van der Waals surface area contributed by atoms with Gasteiger partial charge in [-0.05, 0) is 5.92 Å². The molecular formula is C13H22N2O5. The molecule has 0 radical (unpaired) electrons. The zero-order valence-corrected chi connectivity index (χ0v) is 11.9. The molecule has 0 saturated carbocycles. The molecule has 1 fully saturated rings. The summed E-state index contributed by atoms with van der Waals surface area (Å²) in [5.74, 6) is -1.77. The standard InChI is InChI=1S/C13H22N2O5/c1-9(2)12(13(18)19)14-10(16)3-4-11(17)15-5-7-20-8-6-15/h9,12H,3-8H2,1-2H3,(H,14,16)(H,18,19)/t12-/m0/s1. The van der Waals surface area contributed by atoms with Crippen LogP contribution in [0.1, 0.15) is 26.7 Å². The van der Waals surface area contributed by atoms with Gasteiger partial charge in [-0.25, -0.2) is 4.79 Å². The summed E-state index contributed by atoms with van der Waals surface area (Å²) in [4.78, 5) is 36.1. The number of aliphatic carboxylic acids is 1. The van der Waals surface area contributed by atoms with Gasteiger partial charge in [0.05, 0.1) is 13.2 Å². The lowest BCUT2D eigenvalue weighted by Crippen LogP contribution is -2.45. The van der Waals surface area contributed by atoms with Crippen LogP contribution in [0.5, 0.6) is 0 Å². The maximum atomic E-state index is 11.8. The van der Waals surface area contributed by atoms with Crippen LogP contribution in [0.4, 0.5) is 0 Å². The molecule has 2 N–H and O–H groups in total. The van der Waals surface area contributed by atoms with E-state index >= 15 is 0 Å². The summed E-state index contributed by atoms with van der Waals surface area (Å²) in [7, 11) is 0. The molecule has 0 aromatic carbocycles. The van der Waals surface area contributed by atoms with Crippen LogP contribution < -0.4 is 5.32 Å². The number of carboxylic acid groups (broad SMARTS) is 1. The highest BCUT2D eigenvalue weighted by Gasteiger charge is 2.24. The third kappa shape index (κ3) is 5.16. The third-order valence-corrected chi connectivity index (χ3v) is 3.18. The quantitative estimate of drug-likeness (QED) is 0.708. The van der Waals surface area contributed by atoms with E-state index in [1.807, 2.05) is 0 Å². The first-order valence-electron chi connectivity index (χ1n) is 6.79. The Bertz CT molecular complexity index is 364. The van der Waals surface area contributed by atoms with E-state index < -0.39 is 17.9 Å². The van der Waals surface area contributed by atoms with Gasteiger partial charge in [-0.3, -0.25) is 9.59 Å². The van der Waals surface area contributed by atoms with Crippen molar-refractivity contribution in [2.45, 2.75) is 32.7 Å². The monoisotopic (exact) mass is 286 g/mol. The summed E-state index contributed by atoms with van der Waals surface area (Å²) >= 11 is 0. The van der Waals surface area contributed by atoms with Crippen LogP contribution in [0, 0.1) is 5.92 Å². The maximum Gasteiger partial charge on any atom is 0.326 e. The highest BCUT2D eigenvalue weighted by atomic mass is 16.5. The van der Waals surface area contributed by atoms with Gasteiger partial charge in [0.15, 0.2) is 0 Å². The first kappa shape index (κ1) is 16.4. The number of nitrogens with one attached hydrogen (secondary N) is 1. The fourth-order valence-corrected chi connectivity index (χ4v) is 1.95. The lowest BCUT2D eigenvalue weighted by Gasteiger charge is -2.26. The summed E-state index contributed by atoms with van der Waals surface area (Å²) in [6, 6.07) is -0.916. The summed E-state index contributed by atoms with van der Waals surface area (Å²) in [5, 5.41) is 11.4. The van der Waals surface area contributed by atoms with Crippen molar-refractivity contribution in [3.8, 4) is 0 Å². The Labute approximate surface area is 118 Å². The number of carboxylic acids is 1. The van der Waals surface area contributed by atoms with E-state index in [-0.39, 0.29) is 24.7 Å². The van der Waals surface area contributed by atoms with E-state index in [9.17, 15) is 14.4 Å². The van der Waals surface area contributed by atoms with Gasteiger partial charge < -0.3 is 20.1 Å². The Morgan fingerprint density at radius 3 is 2.30 bits per heavy atom. The summed E-state index contributed by atoms with van der Waals surface area (Å²) < 4.78 is 5.14. The highest BCUT2D eigenvalue weighted by molar-refractivity contribution is 5.87. The van der Waals surface area contributed by atoms with E-state index in [1.54, 1.807) is 18.7 Å². The minimum atomic E-state index is -1.06. The number of hydrogen-bond donors (Lipinski definition) is 2. The van der Waals surface area contributed by atoms with Gasteiger partial charge in [-0.15, -0.1) is 0 Å². The molecular weight excluding hydrogens is 264 g/mol. The second-order valence-corrected chi connectivity index (χ2v) is 5.12. The number of hydrogen-bond acceptors (Lipinski definition) is 4. The Balaban J connectivity index is 2.34. The van der Waals surface area contributed by atoms with Crippen molar-refractivity contribution >= 4 is 17.8 Å². The minimum absolute atomic E-state index is 0.00664. The van der Waals surface area contributed by atoms with Crippen molar-refractivity contribution in [2.75, 3.05) is 26.3 Å². The van der Waals surface area contributed by atoms with Gasteiger partial charge in [0, 0.05) is 25.9 Å². The first-order valence-corrected chi connectivity index (χ1v) is 6.79. The minimum Gasteiger partial charge on any atom is -0.480 e. The summed E-state index contributed by atoms with van der Waals surface area (Å²) in [5.41, 5.74) is 0. The molecule has 1 aliphatic heterocycles. The molecule has 1 aliphatic rings. The average molecular weight is 286 g/mol. The lowest BCUT2D eigenvalue weighted by atomic mass is 10.0. The number of amides is 2. The van der Waals surface area contributed by atoms with E-state index in [0.29, 0.717) is 26.3 Å². The molecule has 1 atom stereocenters. The van der Waals surface area contributed by atoms with E-state index in [1.165, 1.54) is 0 Å². The molecule has 1 rings (SSSR count). The van der Waals surface area contributed by atoms with Crippen LogP contribution in [0.25, 0.3) is 0 Å². The SMILES string of the molecule is CC(C)[C@H](NC(=O)CCC(=O)N1CCOCC1)C(=O)O. The van der Waals surface area contributed by atoms with Gasteiger partial charge in [0.25, 0.3) is 0 Å². The molecule has 0 aromatic rings. The Morgan fingerprint density at radius 1 is 1.20 bits per heavy atom. The summed E-state index contributed by atoms with van der Waals surface area (Å²) in [6.07, 6.45) is 0.100. The molecule has 0 aromatic heterocycles. The van der Waals surface area contributed by atoms with Crippen LogP contribution in [-0.4, -0.2) is 60.1 Å². The van der Waals surface area contributed by atoms with Gasteiger partial charge in [-0.2, -0.15) is 0 Å². The Morgan fingerprint density at radius 2 is 1.80 bits per heavy atom. The van der Waals surface area contributed by atoms with Crippen LogP contribution in [-0.2, 0) is 19.1 Å². The molecule has 2 amide bonds. The third-order valence-electron chi connectivity index (χ3n) is 3.18. The van der Waals surface area contributed by atoms with Gasteiger partial charge in [-0.1, -0.05) is 13.8 Å². The van der Waals surface area contributed by atoms with Gasteiger partial charge in [0.2, 0.25) is 11.8 Å². The molecule has 0 unspecified atom stereocenters. The van der Waals surface area contributed by atoms with Crippen molar-refractivity contribution in [3.63, 3.8) is 0 Å². The molecule has 7 heteroatoms. The molecule has 0 bridgehead atoms. The largest absolute Gasteiger partial charge is 0.480 e. The van der Waals surface area contributed by atoms with Crippen LogP contribution in [0.3, 0.4) is 0 Å². The molecule has 20 heavy (non-hydrogen) atoms. The number of ether oxygens (including phenoxy) is 1. The predicted octanol–water partition coefficient (Wildman–Crippen LogP) is -0.149. The molecule has 7 nitrogen and oxygen atoms in total. The number of nitrogens with zero attached hydrogens (tertiary/aromatic N) is 1. The zero-order chi connectivity index (χ0) is 15.1. The maximum absolute atomic E-state index is 11.8. The van der Waals surface area contributed by atoms with E-state index in [2.05, 4.69) is 5.32 Å². The van der Waals surface area contributed by atoms with Gasteiger partial charge >= 0.3 is 5.97 Å². The van der Waals surface area contributed by atoms with Crippen molar-refractivity contribution in [1.82, 2.24) is 10.2 Å². The van der Waals surface area contributed by atoms with Crippen molar-refractivity contribution in [2.24, 2.45) is 5.92 Å². The highest BCUT2D eigenvalue weighted by Crippen LogP contribution is 2.05. The predicted molar refractivity (Wildman–Crippen MR) is 71.0 cm³/mol. The summed E-state index contributed by atoms with van der Waals surface area (Å²) in [6.45, 7) is 5.57. The van der Waals surface area contributed by atoms with E-state index in [4.69, 9.17) is 9.84 Å². The first-order chi connectivity index (χ1) is 9.41. The van der Waals surface area contributed by atoms with Crippen LogP contribution in [0.15, 0.2) is 0 Å². The topological polar surface area (TPSA) is 95.9 Å². The van der Waals surface area contributed by atoms with Gasteiger partial charge in [0.1, 0.15) is 6.04 Å². The normalized spacial score (nSPS) is 16.9.